The summed E-state index contributed by atoms with van der Waals surface area (Å²) in [6.07, 6.45) is 1.83. The Bertz CT molecular complexity index is 68.6. The molecule has 0 aliphatic heterocycles. The lowest BCUT2D eigenvalue weighted by Crippen LogP contribution is -2.28. The fourth-order valence-electron chi connectivity index (χ4n) is 0.746. The lowest BCUT2D eigenvalue weighted by atomic mass is 10.2. The third-order valence-corrected chi connectivity index (χ3v) is 1.44. The zero-order chi connectivity index (χ0) is 7.82. The summed E-state index contributed by atoms with van der Waals surface area (Å²) in [6.45, 7) is 4.01. The van der Waals surface area contributed by atoms with Gasteiger partial charge in [-0.25, -0.2) is 0 Å². The largest absolute Gasteiger partial charge is 0.396 e. The number of aliphatic hydroxyl groups is 1. The van der Waals surface area contributed by atoms with E-state index in [1.54, 1.807) is 0 Å². The van der Waals surface area contributed by atoms with E-state index in [0.717, 1.165) is 25.9 Å². The van der Waals surface area contributed by atoms with Gasteiger partial charge < -0.3 is 16.2 Å². The number of aliphatic hydroxyl groups excluding tert-OH is 1. The summed E-state index contributed by atoms with van der Waals surface area (Å²) in [6, 6.07) is 0.413. The van der Waals surface area contributed by atoms with Crippen LogP contribution in [0.1, 0.15) is 19.8 Å². The van der Waals surface area contributed by atoms with Crippen molar-refractivity contribution in [3.8, 4) is 0 Å². The molecule has 0 radical (unpaired) electrons. The lowest BCUT2D eigenvalue weighted by molar-refractivity contribution is 0.269. The number of rotatable bonds is 6. The van der Waals surface area contributed by atoms with Crippen molar-refractivity contribution in [2.24, 2.45) is 5.73 Å². The molecule has 0 bridgehead atoms. The molecule has 1 atom stereocenters. The maximum atomic E-state index is 8.53. The average molecular weight is 146 g/mol. The van der Waals surface area contributed by atoms with Gasteiger partial charge in [-0.1, -0.05) is 0 Å². The van der Waals surface area contributed by atoms with Crippen LogP contribution < -0.4 is 11.1 Å². The number of hydrogen-bond donors (Lipinski definition) is 3. The van der Waals surface area contributed by atoms with Gasteiger partial charge in [0.1, 0.15) is 0 Å². The van der Waals surface area contributed by atoms with Crippen LogP contribution in [0.15, 0.2) is 0 Å². The van der Waals surface area contributed by atoms with Crippen LogP contribution >= 0.6 is 0 Å². The highest BCUT2D eigenvalue weighted by molar-refractivity contribution is 4.58. The third kappa shape index (κ3) is 6.01. The summed E-state index contributed by atoms with van der Waals surface area (Å²) < 4.78 is 0. The molecule has 0 aliphatic rings. The zero-order valence-corrected chi connectivity index (χ0v) is 6.64. The molecule has 1 unspecified atom stereocenters. The minimum absolute atomic E-state index is 0.261. The van der Waals surface area contributed by atoms with Crippen LogP contribution in [0.2, 0.25) is 0 Å². The molecule has 0 fully saturated rings. The van der Waals surface area contributed by atoms with Gasteiger partial charge in [0.15, 0.2) is 0 Å². The van der Waals surface area contributed by atoms with Gasteiger partial charge in [0.25, 0.3) is 0 Å². The fourth-order valence-corrected chi connectivity index (χ4v) is 0.746. The highest BCUT2D eigenvalue weighted by Gasteiger charge is 1.96. The minimum atomic E-state index is 0.261. The van der Waals surface area contributed by atoms with E-state index < -0.39 is 0 Å². The first-order chi connectivity index (χ1) is 4.81. The van der Waals surface area contributed by atoms with Gasteiger partial charge >= 0.3 is 0 Å². The van der Waals surface area contributed by atoms with Crippen molar-refractivity contribution in [2.75, 3.05) is 19.7 Å². The van der Waals surface area contributed by atoms with E-state index in [-0.39, 0.29) is 6.61 Å². The Balaban J connectivity index is 2.97. The van der Waals surface area contributed by atoms with Crippen molar-refractivity contribution >= 4 is 0 Å². The summed E-state index contributed by atoms with van der Waals surface area (Å²) >= 11 is 0. The molecule has 0 aromatic rings. The molecule has 10 heavy (non-hydrogen) atoms. The van der Waals surface area contributed by atoms with E-state index in [9.17, 15) is 0 Å². The molecule has 0 heterocycles. The summed E-state index contributed by atoms with van der Waals surface area (Å²) in [4.78, 5) is 0. The summed E-state index contributed by atoms with van der Waals surface area (Å²) in [5.74, 6) is 0. The SMILES string of the molecule is CC(CCO)NCCCN. The normalized spacial score (nSPS) is 13.5. The maximum Gasteiger partial charge on any atom is 0.0445 e. The van der Waals surface area contributed by atoms with Crippen LogP contribution in [-0.2, 0) is 0 Å². The van der Waals surface area contributed by atoms with Gasteiger partial charge in [-0.3, -0.25) is 0 Å². The van der Waals surface area contributed by atoms with Gasteiger partial charge in [0, 0.05) is 12.6 Å². The minimum Gasteiger partial charge on any atom is -0.396 e. The van der Waals surface area contributed by atoms with Crippen LogP contribution in [0.4, 0.5) is 0 Å². The molecule has 0 rings (SSSR count). The first-order valence-corrected chi connectivity index (χ1v) is 3.85. The van der Waals surface area contributed by atoms with Gasteiger partial charge in [-0.2, -0.15) is 0 Å². The highest BCUT2D eigenvalue weighted by atomic mass is 16.3. The van der Waals surface area contributed by atoms with Crippen LogP contribution in [0.25, 0.3) is 0 Å². The van der Waals surface area contributed by atoms with Crippen molar-refractivity contribution in [2.45, 2.75) is 25.8 Å². The van der Waals surface area contributed by atoms with Crippen LogP contribution in [-0.4, -0.2) is 30.8 Å². The first kappa shape index (κ1) is 9.88. The van der Waals surface area contributed by atoms with Crippen LogP contribution in [0, 0.1) is 0 Å². The Labute approximate surface area is 62.6 Å². The molecule has 0 saturated carbocycles. The molecule has 0 saturated heterocycles. The Kier molecular flexibility index (Phi) is 6.91. The van der Waals surface area contributed by atoms with E-state index in [4.69, 9.17) is 10.8 Å². The second-order valence-electron chi connectivity index (χ2n) is 2.51. The molecule has 3 nitrogen and oxygen atoms in total. The van der Waals surface area contributed by atoms with Gasteiger partial charge in [-0.05, 0) is 32.9 Å². The summed E-state index contributed by atoms with van der Waals surface area (Å²) in [5.41, 5.74) is 5.30. The first-order valence-electron chi connectivity index (χ1n) is 3.85. The summed E-state index contributed by atoms with van der Waals surface area (Å²) in [5, 5.41) is 11.8. The van der Waals surface area contributed by atoms with Crippen LogP contribution in [0.3, 0.4) is 0 Å². The molecule has 0 aromatic carbocycles. The van der Waals surface area contributed by atoms with Crippen molar-refractivity contribution in [1.29, 1.82) is 0 Å². The Morgan fingerprint density at radius 2 is 2.30 bits per heavy atom. The molecule has 4 N–H and O–H groups in total. The van der Waals surface area contributed by atoms with E-state index in [0.29, 0.717) is 6.04 Å². The fraction of sp³-hybridized carbons (Fsp3) is 1.00. The van der Waals surface area contributed by atoms with Crippen molar-refractivity contribution in [1.82, 2.24) is 5.32 Å². The number of hydrogen-bond acceptors (Lipinski definition) is 3. The molecule has 3 heteroatoms. The summed E-state index contributed by atoms with van der Waals surface area (Å²) in [7, 11) is 0. The molecular weight excluding hydrogens is 128 g/mol. The maximum absolute atomic E-state index is 8.53. The van der Waals surface area contributed by atoms with Crippen LogP contribution in [0.5, 0.6) is 0 Å². The Hall–Kier alpha value is -0.120. The number of nitrogens with one attached hydrogen (secondary N) is 1. The van der Waals surface area contributed by atoms with Crippen molar-refractivity contribution in [3.63, 3.8) is 0 Å². The molecule has 0 amide bonds. The van der Waals surface area contributed by atoms with E-state index >= 15 is 0 Å². The highest BCUT2D eigenvalue weighted by Crippen LogP contribution is 1.87. The van der Waals surface area contributed by atoms with E-state index in [1.165, 1.54) is 0 Å². The Morgan fingerprint density at radius 1 is 1.60 bits per heavy atom. The second-order valence-corrected chi connectivity index (χ2v) is 2.51. The quantitative estimate of drug-likeness (QED) is 0.451. The lowest BCUT2D eigenvalue weighted by Gasteiger charge is -2.10. The smallest absolute Gasteiger partial charge is 0.0445 e. The van der Waals surface area contributed by atoms with E-state index in [2.05, 4.69) is 12.2 Å². The zero-order valence-electron chi connectivity index (χ0n) is 6.64. The molecule has 0 spiro atoms. The molecular formula is C7H18N2O. The molecule has 0 aromatic heterocycles. The predicted octanol–water partition coefficient (Wildman–Crippen LogP) is -0.304. The Morgan fingerprint density at radius 3 is 2.80 bits per heavy atom. The standard InChI is InChI=1S/C7H18N2O/c1-7(3-6-10)9-5-2-4-8/h7,9-10H,2-6,8H2,1H3. The third-order valence-electron chi connectivity index (χ3n) is 1.44. The van der Waals surface area contributed by atoms with Gasteiger partial charge in [0.05, 0.1) is 0 Å². The average Bonchev–Trinajstić information content (AvgIpc) is 1.89. The van der Waals surface area contributed by atoms with Gasteiger partial charge in [-0.15, -0.1) is 0 Å². The topological polar surface area (TPSA) is 58.3 Å². The molecule has 0 aliphatic carbocycles. The van der Waals surface area contributed by atoms with E-state index in [1.807, 2.05) is 0 Å². The number of nitrogens with two attached hydrogens (primary N) is 1. The van der Waals surface area contributed by atoms with Gasteiger partial charge in [0.2, 0.25) is 0 Å². The monoisotopic (exact) mass is 146 g/mol. The van der Waals surface area contributed by atoms with Crippen molar-refractivity contribution < 1.29 is 5.11 Å². The van der Waals surface area contributed by atoms with Crippen molar-refractivity contribution in [3.05, 3.63) is 0 Å². The predicted molar refractivity (Wildman–Crippen MR) is 42.8 cm³/mol. The molecule has 62 valence electrons. The second kappa shape index (κ2) is 6.99.